The van der Waals surface area contributed by atoms with Gasteiger partial charge in [-0.3, -0.25) is 14.8 Å². The Bertz CT molecular complexity index is 686. The molecule has 0 aromatic carbocycles. The number of carbonyl (C=O) groups is 1. The summed E-state index contributed by atoms with van der Waals surface area (Å²) in [5.74, 6) is 0.146. The van der Waals surface area contributed by atoms with Gasteiger partial charge in [-0.05, 0) is 35.9 Å². The number of aromatic nitrogens is 1. The number of amidine groups is 1. The molecule has 1 saturated heterocycles. The molecule has 25 heavy (non-hydrogen) atoms. The number of amides is 1. The van der Waals surface area contributed by atoms with E-state index in [2.05, 4.69) is 20.3 Å². The molecule has 3 aliphatic rings. The Kier molecular flexibility index (Phi) is 5.03. The zero-order chi connectivity index (χ0) is 17.1. The highest BCUT2D eigenvalue weighted by atomic mass is 32.2. The minimum atomic E-state index is 0.146. The molecule has 132 valence electrons. The Morgan fingerprint density at radius 1 is 1.40 bits per heavy atom. The van der Waals surface area contributed by atoms with Gasteiger partial charge in [0, 0.05) is 44.3 Å². The first-order valence-electron chi connectivity index (χ1n) is 8.75. The molecular weight excluding hydrogens is 336 g/mol. The third-order valence-electron chi connectivity index (χ3n) is 4.70. The van der Waals surface area contributed by atoms with Gasteiger partial charge in [-0.15, -0.1) is 0 Å². The predicted molar refractivity (Wildman–Crippen MR) is 97.9 cm³/mol. The van der Waals surface area contributed by atoms with E-state index >= 15 is 0 Å². The highest BCUT2D eigenvalue weighted by molar-refractivity contribution is 8.16. The molecule has 1 fully saturated rings. The molecule has 1 atom stereocenters. The lowest BCUT2D eigenvalue weighted by Crippen LogP contribution is -2.38. The standard InChI is InChI=1S/C18H22N4O2S/c23-17(10-15-13-25-18-20-7-8-22(15)18)21(12-16-2-1-9-24-16)11-14-3-5-19-6-4-14/h3-6,13,16H,1-2,7-12H2. The average Bonchev–Trinajstić information content (AvgIpc) is 3.35. The summed E-state index contributed by atoms with van der Waals surface area (Å²) in [5, 5.41) is 3.09. The molecule has 6 nitrogen and oxygen atoms in total. The molecule has 7 heteroatoms. The monoisotopic (exact) mass is 358 g/mol. The molecular formula is C18H22N4O2S. The number of fused-ring (bicyclic) bond motifs is 1. The van der Waals surface area contributed by atoms with Crippen LogP contribution in [0.25, 0.3) is 0 Å². The first kappa shape index (κ1) is 16.6. The zero-order valence-electron chi connectivity index (χ0n) is 14.1. The van der Waals surface area contributed by atoms with Crippen molar-refractivity contribution in [3.8, 4) is 0 Å². The second-order valence-electron chi connectivity index (χ2n) is 6.48. The minimum absolute atomic E-state index is 0.146. The van der Waals surface area contributed by atoms with E-state index in [0.717, 1.165) is 49.0 Å². The first-order valence-corrected chi connectivity index (χ1v) is 9.63. The van der Waals surface area contributed by atoms with E-state index in [4.69, 9.17) is 4.74 Å². The molecule has 0 bridgehead atoms. The summed E-state index contributed by atoms with van der Waals surface area (Å²) in [6.07, 6.45) is 6.23. The van der Waals surface area contributed by atoms with Gasteiger partial charge in [0.2, 0.25) is 5.91 Å². The van der Waals surface area contributed by atoms with Crippen LogP contribution in [0.2, 0.25) is 0 Å². The molecule has 1 aromatic rings. The number of aliphatic imine (C=N–C) groups is 1. The van der Waals surface area contributed by atoms with E-state index in [0.29, 0.717) is 19.5 Å². The first-order chi connectivity index (χ1) is 12.3. The number of ether oxygens (including phenoxy) is 1. The lowest BCUT2D eigenvalue weighted by molar-refractivity contribution is -0.132. The van der Waals surface area contributed by atoms with Gasteiger partial charge in [-0.25, -0.2) is 0 Å². The van der Waals surface area contributed by atoms with Crippen molar-refractivity contribution in [3.05, 3.63) is 41.2 Å². The molecule has 4 rings (SSSR count). The van der Waals surface area contributed by atoms with Crippen molar-refractivity contribution in [3.63, 3.8) is 0 Å². The summed E-state index contributed by atoms with van der Waals surface area (Å²) in [7, 11) is 0. The second-order valence-corrected chi connectivity index (χ2v) is 7.32. The summed E-state index contributed by atoms with van der Waals surface area (Å²) in [6, 6.07) is 3.93. The summed E-state index contributed by atoms with van der Waals surface area (Å²) < 4.78 is 5.76. The maximum atomic E-state index is 13.0. The van der Waals surface area contributed by atoms with Crippen LogP contribution in [-0.2, 0) is 16.1 Å². The van der Waals surface area contributed by atoms with Gasteiger partial charge in [0.25, 0.3) is 0 Å². The summed E-state index contributed by atoms with van der Waals surface area (Å²) in [6.45, 7) is 3.77. The SMILES string of the molecule is O=C(CC1=CSC2=NCCN12)N(Cc1ccncc1)CC1CCCO1. The van der Waals surface area contributed by atoms with Crippen molar-refractivity contribution >= 4 is 22.8 Å². The summed E-state index contributed by atoms with van der Waals surface area (Å²) >= 11 is 1.62. The third kappa shape index (κ3) is 3.88. The molecule has 3 aliphatic heterocycles. The Hall–Kier alpha value is -1.86. The van der Waals surface area contributed by atoms with Crippen molar-refractivity contribution < 1.29 is 9.53 Å². The Balaban J connectivity index is 1.44. The summed E-state index contributed by atoms with van der Waals surface area (Å²) in [5.41, 5.74) is 2.16. The summed E-state index contributed by atoms with van der Waals surface area (Å²) in [4.78, 5) is 25.6. The third-order valence-corrected chi connectivity index (χ3v) is 5.65. The van der Waals surface area contributed by atoms with Crippen molar-refractivity contribution in [1.82, 2.24) is 14.8 Å². The van der Waals surface area contributed by atoms with Crippen molar-refractivity contribution in [1.29, 1.82) is 0 Å². The number of pyridine rings is 1. The van der Waals surface area contributed by atoms with Gasteiger partial charge < -0.3 is 14.5 Å². The molecule has 1 amide bonds. The fraction of sp³-hybridized carbons (Fsp3) is 0.500. The number of rotatable bonds is 6. The Morgan fingerprint density at radius 2 is 2.28 bits per heavy atom. The lowest BCUT2D eigenvalue weighted by Gasteiger charge is -2.27. The fourth-order valence-electron chi connectivity index (χ4n) is 3.38. The second kappa shape index (κ2) is 7.58. The molecule has 4 heterocycles. The van der Waals surface area contributed by atoms with E-state index in [1.54, 1.807) is 24.2 Å². The minimum Gasteiger partial charge on any atom is -0.376 e. The Morgan fingerprint density at radius 3 is 3.08 bits per heavy atom. The van der Waals surface area contributed by atoms with E-state index < -0.39 is 0 Å². The van der Waals surface area contributed by atoms with Crippen LogP contribution in [0.15, 0.2) is 40.6 Å². The van der Waals surface area contributed by atoms with Crippen molar-refractivity contribution in [2.24, 2.45) is 4.99 Å². The zero-order valence-corrected chi connectivity index (χ0v) is 15.0. The van der Waals surface area contributed by atoms with Crippen LogP contribution in [0.5, 0.6) is 0 Å². The predicted octanol–water partition coefficient (Wildman–Crippen LogP) is 2.24. The normalized spacial score (nSPS) is 21.9. The molecule has 0 radical (unpaired) electrons. The Labute approximate surface area is 152 Å². The quantitative estimate of drug-likeness (QED) is 0.781. The fourth-order valence-corrected chi connectivity index (χ4v) is 4.33. The van der Waals surface area contributed by atoms with Gasteiger partial charge in [-0.2, -0.15) is 0 Å². The van der Waals surface area contributed by atoms with Gasteiger partial charge in [0.1, 0.15) is 0 Å². The molecule has 1 aromatic heterocycles. The molecule has 0 N–H and O–H groups in total. The number of hydrogen-bond donors (Lipinski definition) is 0. The van der Waals surface area contributed by atoms with Gasteiger partial charge in [0.15, 0.2) is 5.17 Å². The smallest absolute Gasteiger partial charge is 0.228 e. The largest absolute Gasteiger partial charge is 0.376 e. The van der Waals surface area contributed by atoms with E-state index in [1.165, 1.54) is 0 Å². The van der Waals surface area contributed by atoms with Crippen LogP contribution in [0.1, 0.15) is 24.8 Å². The maximum absolute atomic E-state index is 13.0. The van der Waals surface area contributed by atoms with E-state index in [-0.39, 0.29) is 12.0 Å². The number of nitrogens with zero attached hydrogens (tertiary/aromatic N) is 4. The van der Waals surface area contributed by atoms with Crippen LogP contribution in [0.4, 0.5) is 0 Å². The maximum Gasteiger partial charge on any atom is 0.228 e. The van der Waals surface area contributed by atoms with Gasteiger partial charge in [0.05, 0.1) is 19.1 Å². The number of thioether (sulfide) groups is 1. The van der Waals surface area contributed by atoms with Crippen LogP contribution in [0, 0.1) is 0 Å². The van der Waals surface area contributed by atoms with E-state index in [1.807, 2.05) is 17.0 Å². The molecule has 1 unspecified atom stereocenters. The average molecular weight is 358 g/mol. The lowest BCUT2D eigenvalue weighted by atomic mass is 10.1. The topological polar surface area (TPSA) is 58.0 Å². The van der Waals surface area contributed by atoms with Crippen LogP contribution in [0.3, 0.4) is 0 Å². The highest BCUT2D eigenvalue weighted by Crippen LogP contribution is 2.31. The highest BCUT2D eigenvalue weighted by Gasteiger charge is 2.30. The van der Waals surface area contributed by atoms with Gasteiger partial charge in [-0.1, -0.05) is 11.8 Å². The number of hydrogen-bond acceptors (Lipinski definition) is 6. The van der Waals surface area contributed by atoms with Crippen LogP contribution >= 0.6 is 11.8 Å². The van der Waals surface area contributed by atoms with Crippen molar-refractivity contribution in [2.75, 3.05) is 26.2 Å². The van der Waals surface area contributed by atoms with Crippen LogP contribution in [-0.4, -0.2) is 58.2 Å². The molecule has 0 spiro atoms. The molecule has 0 saturated carbocycles. The number of carbonyl (C=O) groups excluding carboxylic acids is 1. The molecule has 0 aliphatic carbocycles. The van der Waals surface area contributed by atoms with E-state index in [9.17, 15) is 4.79 Å². The van der Waals surface area contributed by atoms with Crippen molar-refractivity contribution in [2.45, 2.75) is 31.9 Å². The van der Waals surface area contributed by atoms with Gasteiger partial charge >= 0.3 is 0 Å². The van der Waals surface area contributed by atoms with Crippen LogP contribution < -0.4 is 0 Å².